The molecule has 3 N–H and O–H groups in total. The van der Waals surface area contributed by atoms with Crippen LogP contribution >= 0.6 is 8.60 Å². The summed E-state index contributed by atoms with van der Waals surface area (Å²) in [6.07, 6.45) is 9.22. The average Bonchev–Trinajstić information content (AvgIpc) is 2.77. The molecule has 0 atom stereocenters. The molecule has 0 radical (unpaired) electrons. The van der Waals surface area contributed by atoms with Crippen molar-refractivity contribution in [1.29, 1.82) is 0 Å². The van der Waals surface area contributed by atoms with E-state index in [0.717, 1.165) is 6.42 Å². The van der Waals surface area contributed by atoms with Crippen molar-refractivity contribution in [1.82, 2.24) is 0 Å². The SMILES string of the molecule is CCCCCCCCc1cccc(-c2ccccc2)c1-c1ccccc1.OP(O)O. The lowest BCUT2D eigenvalue weighted by molar-refractivity contribution is 0.368. The van der Waals surface area contributed by atoms with E-state index < -0.39 is 8.60 Å². The molecule has 0 bridgehead atoms. The molecular weight excluding hydrogens is 391 g/mol. The summed E-state index contributed by atoms with van der Waals surface area (Å²) in [5, 5.41) is 0. The van der Waals surface area contributed by atoms with Crippen molar-refractivity contribution in [3.63, 3.8) is 0 Å². The van der Waals surface area contributed by atoms with E-state index in [2.05, 4.69) is 85.8 Å². The molecule has 30 heavy (non-hydrogen) atoms. The summed E-state index contributed by atoms with van der Waals surface area (Å²) >= 11 is 0. The number of hydrogen-bond donors (Lipinski definition) is 3. The maximum atomic E-state index is 7.23. The molecule has 4 heteroatoms. The van der Waals surface area contributed by atoms with Crippen LogP contribution in [-0.4, -0.2) is 14.7 Å². The highest BCUT2D eigenvalue weighted by Gasteiger charge is 2.12. The Morgan fingerprint density at radius 2 is 1.13 bits per heavy atom. The van der Waals surface area contributed by atoms with Crippen molar-refractivity contribution in [2.75, 3.05) is 0 Å². The Balaban J connectivity index is 0.000000735. The van der Waals surface area contributed by atoms with Crippen LogP contribution in [-0.2, 0) is 6.42 Å². The van der Waals surface area contributed by atoms with E-state index in [1.165, 1.54) is 66.3 Å². The van der Waals surface area contributed by atoms with Crippen molar-refractivity contribution in [2.24, 2.45) is 0 Å². The Labute approximate surface area is 182 Å². The maximum Gasteiger partial charge on any atom is 0.324 e. The number of unbranched alkanes of at least 4 members (excludes halogenated alkanes) is 5. The summed E-state index contributed by atoms with van der Waals surface area (Å²) in [6, 6.07) is 28.5. The van der Waals surface area contributed by atoms with Crippen LogP contribution in [0.1, 0.15) is 51.0 Å². The van der Waals surface area contributed by atoms with E-state index in [9.17, 15) is 0 Å². The van der Waals surface area contributed by atoms with E-state index in [1.807, 2.05) is 0 Å². The minimum Gasteiger partial charge on any atom is -0.328 e. The van der Waals surface area contributed by atoms with E-state index in [4.69, 9.17) is 14.7 Å². The molecule has 0 amide bonds. The molecular formula is C26H33O3P. The zero-order valence-electron chi connectivity index (χ0n) is 17.7. The standard InChI is InChI=1S/C26H30.H3O3P/c1-2-3-4-5-6-9-17-24-20-14-21-25(22-15-10-7-11-16-22)26(24)23-18-12-8-13-19-23;1-4(2)3/h7-8,10-16,18-21H,2-6,9,17H2,1H3;1-3H. The van der Waals surface area contributed by atoms with Crippen LogP contribution in [0.25, 0.3) is 22.3 Å². The van der Waals surface area contributed by atoms with Crippen molar-refractivity contribution in [3.05, 3.63) is 84.4 Å². The van der Waals surface area contributed by atoms with Gasteiger partial charge in [0.15, 0.2) is 0 Å². The minimum absolute atomic E-state index is 1.16. The third-order valence-electron chi connectivity index (χ3n) is 5.10. The molecule has 0 unspecified atom stereocenters. The highest BCUT2D eigenvalue weighted by Crippen LogP contribution is 2.35. The zero-order valence-corrected chi connectivity index (χ0v) is 18.6. The van der Waals surface area contributed by atoms with E-state index in [-0.39, 0.29) is 0 Å². The first-order chi connectivity index (χ1) is 14.6. The second-order valence-electron chi connectivity index (χ2n) is 7.36. The Morgan fingerprint density at radius 1 is 0.600 bits per heavy atom. The third kappa shape index (κ3) is 8.38. The van der Waals surface area contributed by atoms with Gasteiger partial charge in [0.2, 0.25) is 0 Å². The van der Waals surface area contributed by atoms with Crippen LogP contribution < -0.4 is 0 Å². The summed E-state index contributed by atoms with van der Waals surface area (Å²) in [5.74, 6) is 0. The molecule has 3 rings (SSSR count). The van der Waals surface area contributed by atoms with Gasteiger partial charge in [-0.05, 0) is 40.7 Å². The van der Waals surface area contributed by atoms with Crippen LogP contribution in [0.3, 0.4) is 0 Å². The number of aryl methyl sites for hydroxylation is 1. The topological polar surface area (TPSA) is 60.7 Å². The van der Waals surface area contributed by atoms with Gasteiger partial charge in [-0.25, -0.2) is 0 Å². The second kappa shape index (κ2) is 14.1. The molecule has 0 spiro atoms. The van der Waals surface area contributed by atoms with Crippen molar-refractivity contribution < 1.29 is 14.7 Å². The molecule has 0 aliphatic rings. The normalized spacial score (nSPS) is 10.6. The van der Waals surface area contributed by atoms with E-state index in [0.29, 0.717) is 0 Å². The van der Waals surface area contributed by atoms with Gasteiger partial charge in [-0.15, -0.1) is 0 Å². The Kier molecular flexibility index (Phi) is 11.4. The van der Waals surface area contributed by atoms with Crippen molar-refractivity contribution >= 4 is 8.60 Å². The quantitative estimate of drug-likeness (QED) is 0.253. The zero-order chi connectivity index (χ0) is 21.6. The summed E-state index contributed by atoms with van der Waals surface area (Å²) in [4.78, 5) is 21.7. The molecule has 160 valence electrons. The highest BCUT2D eigenvalue weighted by molar-refractivity contribution is 7.38. The first kappa shape index (κ1) is 24.2. The van der Waals surface area contributed by atoms with Crippen LogP contribution in [0.4, 0.5) is 0 Å². The first-order valence-electron chi connectivity index (χ1n) is 10.7. The fourth-order valence-electron chi connectivity index (χ4n) is 3.71. The van der Waals surface area contributed by atoms with Gasteiger partial charge in [0.05, 0.1) is 0 Å². The van der Waals surface area contributed by atoms with Gasteiger partial charge in [0, 0.05) is 0 Å². The molecule has 3 aromatic rings. The van der Waals surface area contributed by atoms with Gasteiger partial charge in [-0.1, -0.05) is 118 Å². The molecule has 0 heterocycles. The van der Waals surface area contributed by atoms with Gasteiger partial charge >= 0.3 is 8.60 Å². The fraction of sp³-hybridized carbons (Fsp3) is 0.308. The van der Waals surface area contributed by atoms with Gasteiger partial charge in [0.1, 0.15) is 0 Å². The molecule has 0 saturated carbocycles. The van der Waals surface area contributed by atoms with Crippen LogP contribution in [0.2, 0.25) is 0 Å². The van der Waals surface area contributed by atoms with E-state index >= 15 is 0 Å². The maximum absolute atomic E-state index is 7.23. The second-order valence-corrected chi connectivity index (χ2v) is 7.89. The molecule has 0 aliphatic heterocycles. The predicted octanol–water partition coefficient (Wildman–Crippen LogP) is 7.11. The fourth-order valence-corrected chi connectivity index (χ4v) is 3.71. The average molecular weight is 425 g/mol. The highest BCUT2D eigenvalue weighted by atomic mass is 31.2. The molecule has 3 nitrogen and oxygen atoms in total. The van der Waals surface area contributed by atoms with E-state index in [1.54, 1.807) is 0 Å². The molecule has 0 aromatic heterocycles. The lowest BCUT2D eigenvalue weighted by Crippen LogP contribution is -1.94. The lowest BCUT2D eigenvalue weighted by atomic mass is 9.88. The summed E-state index contributed by atoms with van der Waals surface area (Å²) < 4.78 is 0. The smallest absolute Gasteiger partial charge is 0.324 e. The number of benzene rings is 3. The van der Waals surface area contributed by atoms with Crippen LogP contribution in [0.5, 0.6) is 0 Å². The van der Waals surface area contributed by atoms with Crippen LogP contribution in [0.15, 0.2) is 78.9 Å². The minimum atomic E-state index is -2.62. The monoisotopic (exact) mass is 424 g/mol. The van der Waals surface area contributed by atoms with Gasteiger partial charge in [-0.3, -0.25) is 0 Å². The van der Waals surface area contributed by atoms with Gasteiger partial charge in [0.25, 0.3) is 0 Å². The van der Waals surface area contributed by atoms with Gasteiger partial charge in [-0.2, -0.15) is 0 Å². The molecule has 0 saturated heterocycles. The Morgan fingerprint density at radius 3 is 1.73 bits per heavy atom. The van der Waals surface area contributed by atoms with Gasteiger partial charge < -0.3 is 14.7 Å². The molecule has 0 aliphatic carbocycles. The third-order valence-corrected chi connectivity index (χ3v) is 5.10. The van der Waals surface area contributed by atoms with Crippen molar-refractivity contribution in [2.45, 2.75) is 51.9 Å². The largest absolute Gasteiger partial charge is 0.328 e. The summed E-state index contributed by atoms with van der Waals surface area (Å²) in [5.41, 5.74) is 6.87. The first-order valence-corrected chi connectivity index (χ1v) is 11.9. The summed E-state index contributed by atoms with van der Waals surface area (Å²) in [6.45, 7) is 2.28. The molecule has 0 fully saturated rings. The Bertz CT molecular complexity index is 833. The van der Waals surface area contributed by atoms with Crippen molar-refractivity contribution in [3.8, 4) is 22.3 Å². The predicted molar refractivity (Wildman–Crippen MR) is 128 cm³/mol. The number of rotatable bonds is 9. The number of hydrogen-bond acceptors (Lipinski definition) is 3. The van der Waals surface area contributed by atoms with Crippen LogP contribution in [0, 0.1) is 0 Å². The lowest BCUT2D eigenvalue weighted by Gasteiger charge is -2.16. The molecule has 3 aromatic carbocycles. The Hall–Kier alpha value is -2.03. The summed E-state index contributed by atoms with van der Waals surface area (Å²) in [7, 11) is -2.62.